The first-order valence-corrected chi connectivity index (χ1v) is 4.43. The highest BCUT2D eigenvalue weighted by molar-refractivity contribution is 4.92. The Balaban J connectivity index is 4.20. The van der Waals surface area contributed by atoms with Crippen molar-refractivity contribution in [2.75, 3.05) is 20.3 Å². The summed E-state index contributed by atoms with van der Waals surface area (Å²) in [5.41, 5.74) is -0.574. The monoisotopic (exact) mass is 224 g/mol. The molecule has 0 saturated heterocycles. The van der Waals surface area contributed by atoms with Crippen molar-refractivity contribution in [1.82, 2.24) is 5.32 Å². The van der Waals surface area contributed by atoms with E-state index >= 15 is 0 Å². The predicted molar refractivity (Wildman–Crippen MR) is 49.1 cm³/mol. The van der Waals surface area contributed by atoms with Crippen molar-refractivity contribution in [2.24, 2.45) is 5.92 Å². The van der Waals surface area contributed by atoms with Crippen LogP contribution in [0.5, 0.6) is 0 Å². The molecule has 0 amide bonds. The highest BCUT2D eigenvalue weighted by Crippen LogP contribution is 2.25. The van der Waals surface area contributed by atoms with Gasteiger partial charge in [-0.05, 0) is 13.8 Å². The second kappa shape index (κ2) is 5.33. The van der Waals surface area contributed by atoms with E-state index in [4.69, 9.17) is 10.00 Å². The minimum atomic E-state index is -4.48. The van der Waals surface area contributed by atoms with E-state index in [1.807, 2.05) is 0 Å². The van der Waals surface area contributed by atoms with Gasteiger partial charge in [0, 0.05) is 19.2 Å². The SMILES string of the molecule is COCC(C)(C)NCC(C#N)C(F)(F)F. The molecule has 1 N–H and O–H groups in total. The zero-order valence-corrected chi connectivity index (χ0v) is 8.98. The summed E-state index contributed by atoms with van der Waals surface area (Å²) < 4.78 is 41.4. The number of alkyl halides is 3. The number of hydrogen-bond donors (Lipinski definition) is 1. The molecule has 0 aliphatic carbocycles. The Kier molecular flexibility index (Phi) is 5.05. The van der Waals surface area contributed by atoms with Crippen LogP contribution in [0, 0.1) is 17.2 Å². The van der Waals surface area contributed by atoms with Crippen LogP contribution >= 0.6 is 0 Å². The van der Waals surface area contributed by atoms with Crippen LogP contribution in [0.4, 0.5) is 13.2 Å². The Morgan fingerprint density at radius 2 is 1.93 bits per heavy atom. The lowest BCUT2D eigenvalue weighted by Gasteiger charge is -2.27. The van der Waals surface area contributed by atoms with E-state index < -0.39 is 24.2 Å². The van der Waals surface area contributed by atoms with E-state index in [0.29, 0.717) is 0 Å². The van der Waals surface area contributed by atoms with E-state index in [-0.39, 0.29) is 6.61 Å². The molecule has 0 spiro atoms. The molecule has 0 radical (unpaired) electrons. The second-order valence-corrected chi connectivity index (χ2v) is 3.92. The molecule has 6 heteroatoms. The Morgan fingerprint density at radius 3 is 2.27 bits per heavy atom. The molecule has 0 fully saturated rings. The van der Waals surface area contributed by atoms with Crippen molar-refractivity contribution in [3.63, 3.8) is 0 Å². The lowest BCUT2D eigenvalue weighted by molar-refractivity contribution is -0.158. The fourth-order valence-corrected chi connectivity index (χ4v) is 1.02. The third-order valence-electron chi connectivity index (χ3n) is 1.84. The van der Waals surface area contributed by atoms with Crippen LogP contribution in [-0.2, 0) is 4.74 Å². The van der Waals surface area contributed by atoms with Crippen LogP contribution in [0.3, 0.4) is 0 Å². The molecular formula is C9H15F3N2O. The van der Waals surface area contributed by atoms with Crippen molar-refractivity contribution in [2.45, 2.75) is 25.6 Å². The van der Waals surface area contributed by atoms with Crippen LogP contribution in [0.2, 0.25) is 0 Å². The van der Waals surface area contributed by atoms with Gasteiger partial charge in [0.2, 0.25) is 0 Å². The third-order valence-corrected chi connectivity index (χ3v) is 1.84. The lowest BCUT2D eigenvalue weighted by Crippen LogP contribution is -2.47. The zero-order valence-electron chi connectivity index (χ0n) is 8.98. The van der Waals surface area contributed by atoms with Gasteiger partial charge in [-0.25, -0.2) is 0 Å². The van der Waals surface area contributed by atoms with E-state index in [9.17, 15) is 13.2 Å². The summed E-state index contributed by atoms with van der Waals surface area (Å²) in [5.74, 6) is -1.98. The van der Waals surface area contributed by atoms with E-state index in [1.54, 1.807) is 13.8 Å². The molecular weight excluding hydrogens is 209 g/mol. The van der Waals surface area contributed by atoms with Crippen molar-refractivity contribution < 1.29 is 17.9 Å². The average Bonchev–Trinajstić information content (AvgIpc) is 2.02. The number of rotatable bonds is 5. The molecule has 0 aromatic rings. The van der Waals surface area contributed by atoms with Gasteiger partial charge in [-0.2, -0.15) is 18.4 Å². The molecule has 0 aliphatic heterocycles. The van der Waals surface area contributed by atoms with Crippen LogP contribution in [-0.4, -0.2) is 32.0 Å². The van der Waals surface area contributed by atoms with Crippen molar-refractivity contribution >= 4 is 0 Å². The van der Waals surface area contributed by atoms with Crippen LogP contribution < -0.4 is 5.32 Å². The molecule has 0 aliphatic rings. The predicted octanol–water partition coefficient (Wildman–Crippen LogP) is 1.70. The van der Waals surface area contributed by atoms with Gasteiger partial charge in [0.1, 0.15) is 0 Å². The largest absolute Gasteiger partial charge is 0.405 e. The summed E-state index contributed by atoms with van der Waals surface area (Å²) in [6.45, 7) is 3.28. The number of halogens is 3. The molecule has 88 valence electrons. The number of nitrogens with zero attached hydrogens (tertiary/aromatic N) is 1. The fraction of sp³-hybridized carbons (Fsp3) is 0.889. The van der Waals surface area contributed by atoms with Gasteiger partial charge >= 0.3 is 6.18 Å². The first kappa shape index (κ1) is 14.2. The first-order chi connectivity index (χ1) is 6.73. The third kappa shape index (κ3) is 5.60. The number of hydrogen-bond acceptors (Lipinski definition) is 3. The summed E-state index contributed by atoms with van der Waals surface area (Å²) in [4.78, 5) is 0. The minimum absolute atomic E-state index is 0.281. The van der Waals surface area contributed by atoms with E-state index in [0.717, 1.165) is 0 Å². The van der Waals surface area contributed by atoms with Gasteiger partial charge in [0.25, 0.3) is 0 Å². The molecule has 1 unspecified atom stereocenters. The fourth-order valence-electron chi connectivity index (χ4n) is 1.02. The molecule has 0 saturated carbocycles. The summed E-state index contributed by atoms with van der Waals surface area (Å²) in [6, 6.07) is 1.23. The average molecular weight is 224 g/mol. The number of nitriles is 1. The van der Waals surface area contributed by atoms with Crippen LogP contribution in [0.15, 0.2) is 0 Å². The molecule has 0 aromatic heterocycles. The van der Waals surface area contributed by atoms with Gasteiger partial charge < -0.3 is 10.1 Å². The molecule has 0 aromatic carbocycles. The van der Waals surface area contributed by atoms with E-state index in [1.165, 1.54) is 13.2 Å². The maximum Gasteiger partial charge on any atom is 0.405 e. The Bertz CT molecular complexity index is 232. The molecule has 3 nitrogen and oxygen atoms in total. The molecule has 0 bridgehead atoms. The maximum atomic E-state index is 12.2. The highest BCUT2D eigenvalue weighted by atomic mass is 19.4. The van der Waals surface area contributed by atoms with E-state index in [2.05, 4.69) is 5.32 Å². The summed E-state index contributed by atoms with van der Waals surface area (Å²) in [6.07, 6.45) is -4.48. The van der Waals surface area contributed by atoms with Crippen molar-refractivity contribution in [3.8, 4) is 6.07 Å². The number of nitrogens with one attached hydrogen (secondary N) is 1. The topological polar surface area (TPSA) is 45.0 Å². The summed E-state index contributed by atoms with van der Waals surface area (Å²) in [5, 5.41) is 11.0. The number of methoxy groups -OCH3 is 1. The highest BCUT2D eigenvalue weighted by Gasteiger charge is 2.40. The molecule has 15 heavy (non-hydrogen) atoms. The first-order valence-electron chi connectivity index (χ1n) is 4.43. The van der Waals surface area contributed by atoms with Gasteiger partial charge in [-0.15, -0.1) is 0 Å². The molecule has 0 rings (SSSR count). The maximum absolute atomic E-state index is 12.2. The van der Waals surface area contributed by atoms with Gasteiger partial charge in [-0.1, -0.05) is 0 Å². The Labute approximate surface area is 87.2 Å². The second-order valence-electron chi connectivity index (χ2n) is 3.92. The van der Waals surface area contributed by atoms with Gasteiger partial charge in [-0.3, -0.25) is 0 Å². The molecule has 1 atom stereocenters. The van der Waals surface area contributed by atoms with Gasteiger partial charge in [0.05, 0.1) is 12.7 Å². The normalized spacial score (nSPS) is 14.7. The lowest BCUT2D eigenvalue weighted by atomic mass is 10.0. The standard InChI is InChI=1S/C9H15F3N2O/c1-8(2,6-15-3)14-5-7(4-13)9(10,11)12/h7,14H,5-6H2,1-3H3. The quantitative estimate of drug-likeness (QED) is 0.773. The summed E-state index contributed by atoms with van der Waals surface area (Å²) in [7, 11) is 1.47. The minimum Gasteiger partial charge on any atom is -0.383 e. The van der Waals surface area contributed by atoms with Gasteiger partial charge in [0.15, 0.2) is 5.92 Å². The van der Waals surface area contributed by atoms with Crippen molar-refractivity contribution in [1.29, 1.82) is 5.26 Å². The smallest absolute Gasteiger partial charge is 0.383 e. The van der Waals surface area contributed by atoms with Crippen LogP contribution in [0.1, 0.15) is 13.8 Å². The Morgan fingerprint density at radius 1 is 1.40 bits per heavy atom. The Hall–Kier alpha value is -0.800. The molecule has 0 heterocycles. The van der Waals surface area contributed by atoms with Crippen molar-refractivity contribution in [3.05, 3.63) is 0 Å². The zero-order chi connectivity index (χ0) is 12.1. The summed E-state index contributed by atoms with van der Waals surface area (Å²) >= 11 is 0. The number of ether oxygens (including phenoxy) is 1. The van der Waals surface area contributed by atoms with Crippen LogP contribution in [0.25, 0.3) is 0 Å².